The Balaban J connectivity index is 1.58. The fourth-order valence-electron chi connectivity index (χ4n) is 2.48. The fourth-order valence-corrected chi connectivity index (χ4v) is 3.56. The van der Waals surface area contributed by atoms with Crippen molar-refractivity contribution in [1.29, 1.82) is 0 Å². The molecule has 3 rings (SSSR count). The van der Waals surface area contributed by atoms with E-state index in [1.54, 1.807) is 0 Å². The van der Waals surface area contributed by atoms with Gasteiger partial charge in [-0.1, -0.05) is 31.0 Å². The van der Waals surface area contributed by atoms with Gasteiger partial charge in [-0.3, -0.25) is 0 Å². The second-order valence-electron chi connectivity index (χ2n) is 5.29. The standard InChI is InChI=1S/C14H18N4O3S/c19-22(20,18-12-8-4-5-9-12)15-10-13-16-17-14(21-13)11-6-2-1-3-7-11/h1-3,6-7,12,15,18H,4-5,8-10H2. The maximum Gasteiger partial charge on any atom is 0.277 e. The van der Waals surface area contributed by atoms with E-state index in [0.717, 1.165) is 31.2 Å². The Labute approximate surface area is 129 Å². The minimum absolute atomic E-state index is 0.0259. The molecule has 0 aliphatic heterocycles. The SMILES string of the molecule is O=S(=O)(NCc1nnc(-c2ccccc2)o1)NC1CCCC1. The van der Waals surface area contributed by atoms with Crippen LogP contribution in [0.2, 0.25) is 0 Å². The minimum atomic E-state index is -3.55. The van der Waals surface area contributed by atoms with E-state index < -0.39 is 10.2 Å². The molecule has 7 nitrogen and oxygen atoms in total. The molecule has 2 N–H and O–H groups in total. The highest BCUT2D eigenvalue weighted by molar-refractivity contribution is 7.87. The Kier molecular flexibility index (Phi) is 4.51. The maximum atomic E-state index is 11.9. The number of nitrogens with one attached hydrogen (secondary N) is 2. The van der Waals surface area contributed by atoms with Crippen LogP contribution in [0.3, 0.4) is 0 Å². The van der Waals surface area contributed by atoms with E-state index >= 15 is 0 Å². The van der Waals surface area contributed by atoms with Gasteiger partial charge >= 0.3 is 0 Å². The van der Waals surface area contributed by atoms with E-state index in [2.05, 4.69) is 19.6 Å². The van der Waals surface area contributed by atoms with E-state index in [4.69, 9.17) is 4.42 Å². The lowest BCUT2D eigenvalue weighted by Gasteiger charge is -2.12. The van der Waals surface area contributed by atoms with Crippen LogP contribution in [-0.2, 0) is 16.8 Å². The number of nitrogens with zero attached hydrogens (tertiary/aromatic N) is 2. The van der Waals surface area contributed by atoms with Gasteiger partial charge in [0.15, 0.2) is 0 Å². The van der Waals surface area contributed by atoms with Crippen LogP contribution in [0.1, 0.15) is 31.6 Å². The Morgan fingerprint density at radius 2 is 1.86 bits per heavy atom. The molecule has 1 saturated carbocycles. The molecular weight excluding hydrogens is 304 g/mol. The van der Waals surface area contributed by atoms with E-state index in [1.165, 1.54) is 0 Å². The van der Waals surface area contributed by atoms with Crippen LogP contribution in [0.4, 0.5) is 0 Å². The highest BCUT2D eigenvalue weighted by Crippen LogP contribution is 2.18. The Morgan fingerprint density at radius 3 is 2.59 bits per heavy atom. The molecule has 1 fully saturated rings. The van der Waals surface area contributed by atoms with Crippen molar-refractivity contribution >= 4 is 10.2 Å². The van der Waals surface area contributed by atoms with Crippen LogP contribution in [0, 0.1) is 0 Å². The number of rotatable bonds is 6. The number of aromatic nitrogens is 2. The molecule has 118 valence electrons. The maximum absolute atomic E-state index is 11.9. The average molecular weight is 322 g/mol. The van der Waals surface area contributed by atoms with Crippen LogP contribution in [0.5, 0.6) is 0 Å². The molecule has 1 aromatic carbocycles. The zero-order chi connectivity index (χ0) is 15.4. The van der Waals surface area contributed by atoms with Crippen LogP contribution in [0.15, 0.2) is 34.7 Å². The summed E-state index contributed by atoms with van der Waals surface area (Å²) in [5.74, 6) is 0.606. The molecule has 0 saturated heterocycles. The summed E-state index contributed by atoms with van der Waals surface area (Å²) in [6.45, 7) is -0.0259. The monoisotopic (exact) mass is 322 g/mol. The predicted octanol–water partition coefficient (Wildman–Crippen LogP) is 1.60. The molecule has 8 heteroatoms. The van der Waals surface area contributed by atoms with Gasteiger partial charge in [0.1, 0.15) is 0 Å². The summed E-state index contributed by atoms with van der Waals surface area (Å²) in [7, 11) is -3.55. The third kappa shape index (κ3) is 3.90. The first-order chi connectivity index (χ1) is 10.6. The van der Waals surface area contributed by atoms with Gasteiger partial charge in [0.05, 0.1) is 6.54 Å². The molecule has 0 unspecified atom stereocenters. The van der Waals surface area contributed by atoms with Crippen molar-refractivity contribution in [3.05, 3.63) is 36.2 Å². The zero-order valence-corrected chi connectivity index (χ0v) is 12.8. The van der Waals surface area contributed by atoms with Gasteiger partial charge in [-0.25, -0.2) is 0 Å². The lowest BCUT2D eigenvalue weighted by molar-refractivity contribution is 0.487. The van der Waals surface area contributed by atoms with E-state index in [9.17, 15) is 8.42 Å². The van der Waals surface area contributed by atoms with Gasteiger partial charge in [-0.2, -0.15) is 17.9 Å². The number of hydrogen-bond donors (Lipinski definition) is 2. The largest absolute Gasteiger partial charge is 0.419 e. The number of hydrogen-bond acceptors (Lipinski definition) is 5. The summed E-state index contributed by atoms with van der Waals surface area (Å²) in [6, 6.07) is 9.36. The topological polar surface area (TPSA) is 97.1 Å². The van der Waals surface area contributed by atoms with Crippen LogP contribution in [-0.4, -0.2) is 24.7 Å². The quantitative estimate of drug-likeness (QED) is 0.842. The summed E-state index contributed by atoms with van der Waals surface area (Å²) in [6.07, 6.45) is 3.91. The van der Waals surface area contributed by atoms with Crippen molar-refractivity contribution in [1.82, 2.24) is 19.6 Å². The molecule has 0 radical (unpaired) electrons. The van der Waals surface area contributed by atoms with E-state index in [0.29, 0.717) is 5.89 Å². The highest BCUT2D eigenvalue weighted by Gasteiger charge is 2.21. The van der Waals surface area contributed by atoms with Crippen molar-refractivity contribution in [2.24, 2.45) is 0 Å². The molecular formula is C14H18N4O3S. The Morgan fingerprint density at radius 1 is 1.14 bits per heavy atom. The zero-order valence-electron chi connectivity index (χ0n) is 12.0. The van der Waals surface area contributed by atoms with Gasteiger partial charge in [-0.05, 0) is 25.0 Å². The van der Waals surface area contributed by atoms with E-state index in [-0.39, 0.29) is 18.5 Å². The van der Waals surface area contributed by atoms with Crippen LogP contribution in [0.25, 0.3) is 11.5 Å². The Hall–Kier alpha value is -1.77. The first-order valence-electron chi connectivity index (χ1n) is 7.27. The molecule has 0 atom stereocenters. The van der Waals surface area contributed by atoms with Crippen molar-refractivity contribution in [3.8, 4) is 11.5 Å². The Bertz CT molecular complexity index is 709. The lowest BCUT2D eigenvalue weighted by Crippen LogP contribution is -2.41. The van der Waals surface area contributed by atoms with Gasteiger partial charge in [0, 0.05) is 11.6 Å². The molecule has 1 aliphatic carbocycles. The lowest BCUT2D eigenvalue weighted by atomic mass is 10.2. The molecule has 0 bridgehead atoms. The smallest absolute Gasteiger partial charge is 0.277 e. The molecule has 0 spiro atoms. The molecule has 1 heterocycles. The molecule has 0 amide bonds. The van der Waals surface area contributed by atoms with E-state index in [1.807, 2.05) is 30.3 Å². The second kappa shape index (κ2) is 6.55. The third-order valence-electron chi connectivity index (χ3n) is 3.58. The first-order valence-corrected chi connectivity index (χ1v) is 8.75. The third-order valence-corrected chi connectivity index (χ3v) is 4.75. The summed E-state index contributed by atoms with van der Waals surface area (Å²) in [5.41, 5.74) is 0.799. The molecule has 22 heavy (non-hydrogen) atoms. The summed E-state index contributed by atoms with van der Waals surface area (Å²) in [4.78, 5) is 0. The van der Waals surface area contributed by atoms with Gasteiger partial charge in [0.25, 0.3) is 10.2 Å². The van der Waals surface area contributed by atoms with Crippen molar-refractivity contribution in [2.75, 3.05) is 0 Å². The minimum Gasteiger partial charge on any atom is -0.419 e. The van der Waals surface area contributed by atoms with Crippen molar-refractivity contribution in [2.45, 2.75) is 38.3 Å². The molecule has 1 aromatic heterocycles. The average Bonchev–Trinajstić information content (AvgIpc) is 3.17. The van der Waals surface area contributed by atoms with Gasteiger partial charge < -0.3 is 4.42 Å². The molecule has 1 aliphatic rings. The summed E-state index contributed by atoms with van der Waals surface area (Å²) in [5, 5.41) is 7.77. The first kappa shape index (κ1) is 15.1. The summed E-state index contributed by atoms with van der Waals surface area (Å²) >= 11 is 0. The molecule has 2 aromatic rings. The predicted molar refractivity (Wildman–Crippen MR) is 80.9 cm³/mol. The van der Waals surface area contributed by atoms with Crippen molar-refractivity contribution in [3.63, 3.8) is 0 Å². The second-order valence-corrected chi connectivity index (χ2v) is 6.82. The van der Waals surface area contributed by atoms with Crippen molar-refractivity contribution < 1.29 is 12.8 Å². The van der Waals surface area contributed by atoms with Gasteiger partial charge in [-0.15, -0.1) is 10.2 Å². The van der Waals surface area contributed by atoms with Crippen LogP contribution >= 0.6 is 0 Å². The summed E-state index contributed by atoms with van der Waals surface area (Å²) < 4.78 is 34.4. The number of benzene rings is 1. The normalized spacial score (nSPS) is 16.2. The van der Waals surface area contributed by atoms with Crippen LogP contribution < -0.4 is 9.44 Å². The van der Waals surface area contributed by atoms with Gasteiger partial charge in [0.2, 0.25) is 11.8 Å². The highest BCUT2D eigenvalue weighted by atomic mass is 32.2. The fraction of sp³-hybridized carbons (Fsp3) is 0.429.